The van der Waals surface area contributed by atoms with E-state index < -0.39 is 23.5 Å². The summed E-state index contributed by atoms with van der Waals surface area (Å²) in [5, 5.41) is 2.25. The van der Waals surface area contributed by atoms with Gasteiger partial charge in [0.15, 0.2) is 5.82 Å². The van der Waals surface area contributed by atoms with Crippen LogP contribution in [0.15, 0.2) is 36.8 Å². The van der Waals surface area contributed by atoms with Gasteiger partial charge in [-0.3, -0.25) is 9.78 Å². The van der Waals surface area contributed by atoms with Crippen LogP contribution in [0.3, 0.4) is 0 Å². The smallest absolute Gasteiger partial charge is 0.305 e. The van der Waals surface area contributed by atoms with Crippen molar-refractivity contribution in [2.24, 2.45) is 0 Å². The van der Waals surface area contributed by atoms with Gasteiger partial charge in [0, 0.05) is 18.0 Å². The molecular formula is C12H7F4N3O. The molecule has 4 nitrogen and oxygen atoms in total. The van der Waals surface area contributed by atoms with Crippen LogP contribution in [0.1, 0.15) is 15.9 Å². The zero-order valence-electron chi connectivity index (χ0n) is 9.78. The van der Waals surface area contributed by atoms with Crippen molar-refractivity contribution >= 4 is 11.7 Å². The number of alkyl halides is 3. The summed E-state index contributed by atoms with van der Waals surface area (Å²) in [6, 6.07) is 1.99. The van der Waals surface area contributed by atoms with Crippen LogP contribution in [0.5, 0.6) is 0 Å². The van der Waals surface area contributed by atoms with Crippen molar-refractivity contribution in [3.63, 3.8) is 0 Å². The van der Waals surface area contributed by atoms with Crippen LogP contribution in [0.25, 0.3) is 0 Å². The van der Waals surface area contributed by atoms with Crippen LogP contribution in [-0.2, 0) is 6.18 Å². The Kier molecular flexibility index (Phi) is 3.64. The van der Waals surface area contributed by atoms with Crippen molar-refractivity contribution in [3.05, 3.63) is 53.7 Å². The first kappa shape index (κ1) is 13.9. The summed E-state index contributed by atoms with van der Waals surface area (Å²) in [6.07, 6.45) is -0.963. The van der Waals surface area contributed by atoms with Gasteiger partial charge in [-0.05, 0) is 18.2 Å². The monoisotopic (exact) mass is 285 g/mol. The number of amides is 1. The standard InChI is InChI=1S/C12H7F4N3O/c13-9-2-1-7(5-8(9)12(14,15)16)11(20)19-10-6-17-3-4-18-10/h1-6H,(H,18,19,20). The third-order valence-electron chi connectivity index (χ3n) is 2.34. The fourth-order valence-corrected chi connectivity index (χ4v) is 1.44. The minimum atomic E-state index is -4.87. The first-order chi connectivity index (χ1) is 9.38. The van der Waals surface area contributed by atoms with Gasteiger partial charge in [-0.1, -0.05) is 0 Å². The molecule has 1 heterocycles. The van der Waals surface area contributed by atoms with Gasteiger partial charge in [0.2, 0.25) is 0 Å². The molecule has 1 amide bonds. The van der Waals surface area contributed by atoms with E-state index in [-0.39, 0.29) is 11.4 Å². The molecule has 0 bridgehead atoms. The van der Waals surface area contributed by atoms with Crippen LogP contribution < -0.4 is 5.32 Å². The number of rotatable bonds is 2. The lowest BCUT2D eigenvalue weighted by molar-refractivity contribution is -0.140. The van der Waals surface area contributed by atoms with Gasteiger partial charge in [-0.15, -0.1) is 0 Å². The van der Waals surface area contributed by atoms with Gasteiger partial charge in [-0.2, -0.15) is 13.2 Å². The first-order valence-corrected chi connectivity index (χ1v) is 5.32. The minimum absolute atomic E-state index is 0.0791. The van der Waals surface area contributed by atoms with Crippen molar-refractivity contribution < 1.29 is 22.4 Å². The largest absolute Gasteiger partial charge is 0.419 e. The number of benzene rings is 1. The van der Waals surface area contributed by atoms with E-state index in [4.69, 9.17) is 0 Å². The molecule has 0 fully saturated rings. The number of nitrogens with one attached hydrogen (secondary N) is 1. The van der Waals surface area contributed by atoms with Gasteiger partial charge in [-0.25, -0.2) is 9.37 Å². The first-order valence-electron chi connectivity index (χ1n) is 5.32. The topological polar surface area (TPSA) is 54.9 Å². The summed E-state index contributed by atoms with van der Waals surface area (Å²) >= 11 is 0. The quantitative estimate of drug-likeness (QED) is 0.863. The molecule has 104 valence electrons. The van der Waals surface area contributed by atoms with Crippen LogP contribution in [0.2, 0.25) is 0 Å². The fraction of sp³-hybridized carbons (Fsp3) is 0.0833. The Bertz CT molecular complexity index is 628. The van der Waals surface area contributed by atoms with Crippen molar-refractivity contribution in [2.45, 2.75) is 6.18 Å². The maximum Gasteiger partial charge on any atom is 0.419 e. The highest BCUT2D eigenvalue weighted by atomic mass is 19.4. The molecule has 0 aliphatic carbocycles. The highest BCUT2D eigenvalue weighted by Crippen LogP contribution is 2.31. The lowest BCUT2D eigenvalue weighted by Gasteiger charge is -2.10. The predicted octanol–water partition coefficient (Wildman–Crippen LogP) is 2.89. The Balaban J connectivity index is 2.27. The second-order valence-electron chi connectivity index (χ2n) is 3.74. The summed E-state index contributed by atoms with van der Waals surface area (Å²) in [5.74, 6) is -2.19. The summed E-state index contributed by atoms with van der Waals surface area (Å²) in [7, 11) is 0. The van der Waals surface area contributed by atoms with Gasteiger partial charge >= 0.3 is 6.18 Å². The molecule has 1 aromatic carbocycles. The van der Waals surface area contributed by atoms with E-state index in [9.17, 15) is 22.4 Å². The van der Waals surface area contributed by atoms with Crippen molar-refractivity contribution in [1.82, 2.24) is 9.97 Å². The number of aromatic nitrogens is 2. The van der Waals surface area contributed by atoms with Gasteiger partial charge < -0.3 is 5.32 Å². The Morgan fingerprint density at radius 1 is 1.20 bits per heavy atom. The highest BCUT2D eigenvalue weighted by Gasteiger charge is 2.34. The van der Waals surface area contributed by atoms with Crippen LogP contribution in [0, 0.1) is 5.82 Å². The van der Waals surface area contributed by atoms with Gasteiger partial charge in [0.1, 0.15) is 5.82 Å². The summed E-state index contributed by atoms with van der Waals surface area (Å²) < 4.78 is 50.7. The molecule has 0 atom stereocenters. The zero-order valence-corrected chi connectivity index (χ0v) is 9.78. The number of anilines is 1. The number of carbonyl (C=O) groups excluding carboxylic acids is 1. The molecule has 8 heteroatoms. The normalized spacial score (nSPS) is 11.2. The maximum absolute atomic E-state index is 13.1. The molecule has 0 radical (unpaired) electrons. The summed E-state index contributed by atoms with van der Waals surface area (Å²) in [4.78, 5) is 19.2. The van der Waals surface area contributed by atoms with Crippen LogP contribution in [-0.4, -0.2) is 15.9 Å². The number of hydrogen-bond acceptors (Lipinski definition) is 3. The van der Waals surface area contributed by atoms with Gasteiger partial charge in [0.25, 0.3) is 5.91 Å². The molecule has 1 aromatic heterocycles. The molecule has 0 aliphatic rings. The van der Waals surface area contributed by atoms with E-state index in [1.165, 1.54) is 18.6 Å². The van der Waals surface area contributed by atoms with E-state index >= 15 is 0 Å². The molecule has 0 spiro atoms. The Morgan fingerprint density at radius 3 is 2.55 bits per heavy atom. The van der Waals surface area contributed by atoms with Crippen molar-refractivity contribution in [1.29, 1.82) is 0 Å². The van der Waals surface area contributed by atoms with Crippen LogP contribution >= 0.6 is 0 Å². The second kappa shape index (κ2) is 5.24. The Morgan fingerprint density at radius 2 is 1.95 bits per heavy atom. The zero-order chi connectivity index (χ0) is 14.8. The Hall–Kier alpha value is -2.51. The molecule has 20 heavy (non-hydrogen) atoms. The van der Waals surface area contributed by atoms with E-state index in [2.05, 4.69) is 15.3 Å². The molecule has 2 aromatic rings. The SMILES string of the molecule is O=C(Nc1cnccn1)c1ccc(F)c(C(F)(F)F)c1. The predicted molar refractivity (Wildman–Crippen MR) is 61.4 cm³/mol. The number of hydrogen-bond donors (Lipinski definition) is 1. The van der Waals surface area contributed by atoms with E-state index in [1.807, 2.05) is 0 Å². The molecule has 0 aliphatic heterocycles. The highest BCUT2D eigenvalue weighted by molar-refractivity contribution is 6.03. The summed E-state index contributed by atoms with van der Waals surface area (Å²) in [6.45, 7) is 0. The van der Waals surface area contributed by atoms with Crippen molar-refractivity contribution in [2.75, 3.05) is 5.32 Å². The second-order valence-corrected chi connectivity index (χ2v) is 3.74. The van der Waals surface area contributed by atoms with Crippen LogP contribution in [0.4, 0.5) is 23.4 Å². The molecule has 2 rings (SSSR count). The number of nitrogens with zero attached hydrogens (tertiary/aromatic N) is 2. The van der Waals surface area contributed by atoms with Gasteiger partial charge in [0.05, 0.1) is 11.8 Å². The molecule has 0 saturated carbocycles. The number of halogens is 4. The molecule has 1 N–H and O–H groups in total. The average molecular weight is 285 g/mol. The van der Waals surface area contributed by atoms with E-state index in [0.717, 1.165) is 6.07 Å². The minimum Gasteiger partial charge on any atom is -0.305 e. The molecular weight excluding hydrogens is 278 g/mol. The third kappa shape index (κ3) is 3.08. The third-order valence-corrected chi connectivity index (χ3v) is 2.34. The van der Waals surface area contributed by atoms with E-state index in [1.54, 1.807) is 0 Å². The number of carbonyl (C=O) groups is 1. The molecule has 0 saturated heterocycles. The maximum atomic E-state index is 13.1. The lowest BCUT2D eigenvalue weighted by Crippen LogP contribution is -2.16. The summed E-state index contributed by atoms with van der Waals surface area (Å²) in [5.41, 5.74) is -1.83. The lowest BCUT2D eigenvalue weighted by atomic mass is 10.1. The fourth-order valence-electron chi connectivity index (χ4n) is 1.44. The average Bonchev–Trinajstić information content (AvgIpc) is 2.39. The van der Waals surface area contributed by atoms with E-state index in [0.29, 0.717) is 12.1 Å². The van der Waals surface area contributed by atoms with Crippen molar-refractivity contribution in [3.8, 4) is 0 Å². The molecule has 0 unspecified atom stereocenters. The Labute approximate surface area is 110 Å².